The van der Waals surface area contributed by atoms with Crippen LogP contribution in [0.3, 0.4) is 0 Å². The van der Waals surface area contributed by atoms with Crippen LogP contribution in [0.15, 0.2) is 54.7 Å². The molecule has 0 aliphatic carbocycles. The molecule has 0 radical (unpaired) electrons. The highest BCUT2D eigenvalue weighted by molar-refractivity contribution is 7.90. The van der Waals surface area contributed by atoms with Gasteiger partial charge in [0.25, 0.3) is 11.8 Å². The van der Waals surface area contributed by atoms with Crippen LogP contribution in [0.1, 0.15) is 68.5 Å². The molecule has 10 nitrogen and oxygen atoms in total. The van der Waals surface area contributed by atoms with Gasteiger partial charge in [0.1, 0.15) is 0 Å². The van der Waals surface area contributed by atoms with Gasteiger partial charge in [-0.3, -0.25) is 9.59 Å². The van der Waals surface area contributed by atoms with E-state index in [2.05, 4.69) is 9.82 Å². The standard InChI is InChI=1S/C26H28N4O6S/c1-2-3-6-15-37(35,36)28-24(31)19-9-10-23(30-14-12-22(27-30)26(33)34)21(16-19)25(32)29-13-11-18-7-4-5-8-20(18)17-29/h4-5,7-10,12,14,16H,2-3,6,11,13,15,17H2,1H3,(H,28,31)(H,33,34). The molecule has 0 fully saturated rings. The molecule has 0 saturated carbocycles. The second-order valence-corrected chi connectivity index (χ2v) is 10.7. The van der Waals surface area contributed by atoms with Crippen molar-refractivity contribution in [1.82, 2.24) is 19.4 Å². The van der Waals surface area contributed by atoms with Crippen LogP contribution in [0.2, 0.25) is 0 Å². The van der Waals surface area contributed by atoms with Gasteiger partial charge in [0.2, 0.25) is 10.0 Å². The summed E-state index contributed by atoms with van der Waals surface area (Å²) in [7, 11) is -3.83. The summed E-state index contributed by atoms with van der Waals surface area (Å²) in [5, 5.41) is 13.3. The SMILES string of the molecule is CCCCCS(=O)(=O)NC(=O)c1ccc(-n2ccc(C(=O)O)n2)c(C(=O)N2CCc3ccccc3C2)c1. The first-order valence-corrected chi connectivity index (χ1v) is 13.7. The first-order valence-electron chi connectivity index (χ1n) is 12.0. The van der Waals surface area contributed by atoms with E-state index in [1.54, 1.807) is 4.90 Å². The van der Waals surface area contributed by atoms with E-state index in [-0.39, 0.29) is 34.2 Å². The summed E-state index contributed by atoms with van der Waals surface area (Å²) in [5.41, 5.74) is 2.35. The van der Waals surface area contributed by atoms with Crippen LogP contribution < -0.4 is 4.72 Å². The average molecular weight is 525 g/mol. The number of carboxylic acid groups (broad SMARTS) is 1. The van der Waals surface area contributed by atoms with E-state index >= 15 is 0 Å². The van der Waals surface area contributed by atoms with Gasteiger partial charge in [0.15, 0.2) is 5.69 Å². The van der Waals surface area contributed by atoms with Gasteiger partial charge in [-0.25, -0.2) is 22.6 Å². The fraction of sp³-hybridized carbons (Fsp3) is 0.308. The van der Waals surface area contributed by atoms with E-state index < -0.39 is 21.9 Å². The van der Waals surface area contributed by atoms with E-state index in [9.17, 15) is 27.9 Å². The Morgan fingerprint density at radius 1 is 1.05 bits per heavy atom. The lowest BCUT2D eigenvalue weighted by Gasteiger charge is -2.29. The minimum Gasteiger partial charge on any atom is -0.476 e. The van der Waals surface area contributed by atoms with E-state index in [0.29, 0.717) is 25.9 Å². The number of aromatic carboxylic acids is 1. The minimum absolute atomic E-state index is 0.00538. The Hall–Kier alpha value is -3.99. The van der Waals surface area contributed by atoms with Crippen LogP contribution in [0, 0.1) is 0 Å². The van der Waals surface area contributed by atoms with Gasteiger partial charge in [-0.1, -0.05) is 44.0 Å². The summed E-state index contributed by atoms with van der Waals surface area (Å²) in [4.78, 5) is 39.5. The number of hydrogen-bond acceptors (Lipinski definition) is 6. The third kappa shape index (κ3) is 6.05. The highest BCUT2D eigenvalue weighted by atomic mass is 32.2. The van der Waals surface area contributed by atoms with E-state index in [4.69, 9.17) is 0 Å². The Morgan fingerprint density at radius 3 is 2.51 bits per heavy atom. The molecule has 0 saturated heterocycles. The molecule has 3 aromatic rings. The molecule has 2 heterocycles. The van der Waals surface area contributed by atoms with Crippen molar-refractivity contribution in [2.24, 2.45) is 0 Å². The summed E-state index contributed by atoms with van der Waals surface area (Å²) in [6.45, 7) is 2.78. The number of benzene rings is 2. The van der Waals surface area contributed by atoms with Crippen molar-refractivity contribution in [2.45, 2.75) is 39.2 Å². The summed E-state index contributed by atoms with van der Waals surface area (Å²) in [6.07, 6.45) is 4.08. The lowest BCUT2D eigenvalue weighted by molar-refractivity contribution is 0.0688. The molecule has 1 aromatic heterocycles. The highest BCUT2D eigenvalue weighted by Crippen LogP contribution is 2.24. The van der Waals surface area contributed by atoms with Gasteiger partial charge < -0.3 is 10.0 Å². The van der Waals surface area contributed by atoms with Crippen molar-refractivity contribution in [1.29, 1.82) is 0 Å². The zero-order valence-corrected chi connectivity index (χ0v) is 21.2. The number of amides is 2. The number of fused-ring (bicyclic) bond motifs is 1. The maximum atomic E-state index is 13.7. The second kappa shape index (κ2) is 11.0. The monoisotopic (exact) mass is 524 g/mol. The van der Waals surface area contributed by atoms with Crippen molar-refractivity contribution in [3.63, 3.8) is 0 Å². The Morgan fingerprint density at radius 2 is 1.81 bits per heavy atom. The molecule has 0 spiro atoms. The summed E-state index contributed by atoms with van der Waals surface area (Å²) in [5.74, 6) is -2.61. The lowest BCUT2D eigenvalue weighted by Crippen LogP contribution is -2.37. The molecule has 2 aromatic carbocycles. The van der Waals surface area contributed by atoms with Crippen molar-refractivity contribution in [2.75, 3.05) is 12.3 Å². The quantitative estimate of drug-likeness (QED) is 0.410. The Balaban J connectivity index is 1.67. The number of nitrogens with one attached hydrogen (secondary N) is 1. The predicted molar refractivity (Wildman–Crippen MR) is 136 cm³/mol. The average Bonchev–Trinajstić information content (AvgIpc) is 3.38. The van der Waals surface area contributed by atoms with Crippen LogP contribution in [0.25, 0.3) is 5.69 Å². The van der Waals surface area contributed by atoms with E-state index in [1.165, 1.54) is 35.1 Å². The molecule has 2 amide bonds. The summed E-state index contributed by atoms with van der Waals surface area (Å²) < 4.78 is 28.0. The normalized spacial score (nSPS) is 13.2. The molecule has 0 bridgehead atoms. The number of sulfonamides is 1. The Kier molecular flexibility index (Phi) is 7.72. The highest BCUT2D eigenvalue weighted by Gasteiger charge is 2.26. The third-order valence-corrected chi connectivity index (χ3v) is 7.55. The molecular formula is C26H28N4O6S. The molecule has 37 heavy (non-hydrogen) atoms. The fourth-order valence-electron chi connectivity index (χ4n) is 4.25. The van der Waals surface area contributed by atoms with Crippen LogP contribution in [0.4, 0.5) is 0 Å². The van der Waals surface area contributed by atoms with Gasteiger partial charge in [-0.2, -0.15) is 5.10 Å². The molecule has 1 aliphatic rings. The van der Waals surface area contributed by atoms with Gasteiger partial charge in [-0.15, -0.1) is 0 Å². The van der Waals surface area contributed by atoms with Crippen LogP contribution in [0.5, 0.6) is 0 Å². The van der Waals surface area contributed by atoms with Gasteiger partial charge in [-0.05, 0) is 48.2 Å². The molecule has 194 valence electrons. The van der Waals surface area contributed by atoms with Crippen LogP contribution in [-0.2, 0) is 23.0 Å². The first-order chi connectivity index (χ1) is 17.7. The van der Waals surface area contributed by atoms with Gasteiger partial charge in [0, 0.05) is 24.8 Å². The van der Waals surface area contributed by atoms with E-state index in [1.807, 2.05) is 31.2 Å². The largest absolute Gasteiger partial charge is 0.476 e. The van der Waals surface area contributed by atoms with Crippen molar-refractivity contribution < 1.29 is 27.9 Å². The van der Waals surface area contributed by atoms with Crippen LogP contribution >= 0.6 is 0 Å². The third-order valence-electron chi connectivity index (χ3n) is 6.23. The summed E-state index contributed by atoms with van der Waals surface area (Å²) >= 11 is 0. The maximum absolute atomic E-state index is 13.7. The van der Waals surface area contributed by atoms with Crippen LogP contribution in [-0.4, -0.2) is 58.3 Å². The molecule has 11 heteroatoms. The zero-order chi connectivity index (χ0) is 26.6. The molecule has 4 rings (SSSR count). The second-order valence-electron chi connectivity index (χ2n) is 8.89. The fourth-order valence-corrected chi connectivity index (χ4v) is 5.34. The van der Waals surface area contributed by atoms with Gasteiger partial charge >= 0.3 is 5.97 Å². The number of nitrogens with zero attached hydrogens (tertiary/aromatic N) is 3. The first kappa shape index (κ1) is 26.1. The molecule has 2 N–H and O–H groups in total. The van der Waals surface area contributed by atoms with Gasteiger partial charge in [0.05, 0.1) is 17.0 Å². The van der Waals surface area contributed by atoms with Crippen molar-refractivity contribution >= 4 is 27.8 Å². The number of rotatable bonds is 9. The maximum Gasteiger partial charge on any atom is 0.356 e. The lowest BCUT2D eigenvalue weighted by atomic mass is 9.98. The number of carbonyl (C=O) groups excluding carboxylic acids is 2. The molecule has 0 unspecified atom stereocenters. The minimum atomic E-state index is -3.83. The number of carboxylic acids is 1. The van der Waals surface area contributed by atoms with Crippen molar-refractivity contribution in [3.8, 4) is 5.69 Å². The number of hydrogen-bond donors (Lipinski definition) is 2. The zero-order valence-electron chi connectivity index (χ0n) is 20.4. The Labute approximate surface area is 215 Å². The molecule has 1 aliphatic heterocycles. The van der Waals surface area contributed by atoms with E-state index in [0.717, 1.165) is 24.0 Å². The topological polar surface area (TPSA) is 139 Å². The number of unbranched alkanes of at least 4 members (excludes halogenated alkanes) is 2. The summed E-state index contributed by atoms with van der Waals surface area (Å²) in [6, 6.07) is 13.3. The Bertz CT molecular complexity index is 1450. The molecule has 0 atom stereocenters. The van der Waals surface area contributed by atoms with Crippen molar-refractivity contribution in [3.05, 3.63) is 82.7 Å². The number of carbonyl (C=O) groups is 3. The predicted octanol–water partition coefficient (Wildman–Crippen LogP) is 3.02. The smallest absolute Gasteiger partial charge is 0.356 e. The number of aromatic nitrogens is 2. The molecular weight excluding hydrogens is 496 g/mol.